The predicted octanol–water partition coefficient (Wildman–Crippen LogP) is 2.92. The predicted molar refractivity (Wildman–Crippen MR) is 77.5 cm³/mol. The van der Waals surface area contributed by atoms with Gasteiger partial charge in [-0.2, -0.15) is 0 Å². The third kappa shape index (κ3) is 3.82. The number of halogens is 1. The molecule has 0 aliphatic rings. The van der Waals surface area contributed by atoms with Crippen molar-refractivity contribution >= 4 is 17.4 Å². The highest BCUT2D eigenvalue weighted by atomic mass is 35.5. The molecule has 102 valence electrons. The van der Waals surface area contributed by atoms with Crippen LogP contribution >= 0.6 is 11.6 Å². The highest BCUT2D eigenvalue weighted by molar-refractivity contribution is 6.30. The summed E-state index contributed by atoms with van der Waals surface area (Å²) < 4.78 is 0. The summed E-state index contributed by atoms with van der Waals surface area (Å²) in [6, 6.07) is 0.431. The molecule has 18 heavy (non-hydrogen) atoms. The summed E-state index contributed by atoms with van der Waals surface area (Å²) in [5.74, 6) is 1.90. The first-order valence-electron chi connectivity index (χ1n) is 6.27. The van der Waals surface area contributed by atoms with Gasteiger partial charge in [0.25, 0.3) is 0 Å². The van der Waals surface area contributed by atoms with E-state index in [0.717, 1.165) is 23.8 Å². The summed E-state index contributed by atoms with van der Waals surface area (Å²) in [4.78, 5) is 11.0. The minimum atomic E-state index is 0.273. The monoisotopic (exact) mass is 270 g/mol. The zero-order valence-corrected chi connectivity index (χ0v) is 12.8. The Morgan fingerprint density at radius 3 is 2.33 bits per heavy atom. The molecule has 0 fully saturated rings. The van der Waals surface area contributed by atoms with Crippen molar-refractivity contribution in [2.24, 2.45) is 0 Å². The standard InChI is InChI=1S/C13H23ClN4/c1-8(2)12-16-11(14)10(4)13(17-12)15-7-9(3)18(5)6/h8-9H,7H2,1-6H3,(H,15,16,17). The summed E-state index contributed by atoms with van der Waals surface area (Å²) in [5, 5.41) is 3.89. The fourth-order valence-corrected chi connectivity index (χ4v) is 1.54. The minimum Gasteiger partial charge on any atom is -0.368 e. The fraction of sp³-hybridized carbons (Fsp3) is 0.692. The van der Waals surface area contributed by atoms with E-state index in [-0.39, 0.29) is 5.92 Å². The second-order valence-electron chi connectivity index (χ2n) is 5.19. The molecule has 1 aromatic heterocycles. The molecule has 0 aliphatic carbocycles. The zero-order valence-electron chi connectivity index (χ0n) is 12.1. The van der Waals surface area contributed by atoms with Crippen molar-refractivity contribution in [3.8, 4) is 0 Å². The number of rotatable bonds is 5. The van der Waals surface area contributed by atoms with E-state index < -0.39 is 0 Å². The van der Waals surface area contributed by atoms with Crippen LogP contribution in [-0.2, 0) is 0 Å². The second kappa shape index (κ2) is 6.34. The van der Waals surface area contributed by atoms with Gasteiger partial charge in [-0.1, -0.05) is 25.4 Å². The van der Waals surface area contributed by atoms with Crippen LogP contribution in [0.1, 0.15) is 38.1 Å². The second-order valence-corrected chi connectivity index (χ2v) is 5.55. The van der Waals surface area contributed by atoms with Crippen LogP contribution in [0, 0.1) is 6.92 Å². The van der Waals surface area contributed by atoms with E-state index in [9.17, 15) is 0 Å². The Kier molecular flexibility index (Phi) is 5.35. The Hall–Kier alpha value is -0.870. The summed E-state index contributed by atoms with van der Waals surface area (Å²) >= 11 is 6.14. The lowest BCUT2D eigenvalue weighted by Gasteiger charge is -2.21. The molecule has 0 saturated carbocycles. The van der Waals surface area contributed by atoms with Crippen molar-refractivity contribution in [3.05, 3.63) is 16.5 Å². The van der Waals surface area contributed by atoms with E-state index in [0.29, 0.717) is 11.2 Å². The molecule has 1 N–H and O–H groups in total. The zero-order chi connectivity index (χ0) is 13.9. The van der Waals surface area contributed by atoms with E-state index in [2.05, 4.69) is 55.1 Å². The van der Waals surface area contributed by atoms with Crippen molar-refractivity contribution in [1.29, 1.82) is 0 Å². The van der Waals surface area contributed by atoms with Gasteiger partial charge in [0.2, 0.25) is 0 Å². The highest BCUT2D eigenvalue weighted by Crippen LogP contribution is 2.22. The van der Waals surface area contributed by atoms with Gasteiger partial charge in [-0.25, -0.2) is 9.97 Å². The van der Waals surface area contributed by atoms with Crippen molar-refractivity contribution in [2.45, 2.75) is 39.7 Å². The number of anilines is 1. The van der Waals surface area contributed by atoms with Gasteiger partial charge in [-0.15, -0.1) is 0 Å². The van der Waals surface area contributed by atoms with Crippen molar-refractivity contribution < 1.29 is 0 Å². The van der Waals surface area contributed by atoms with Gasteiger partial charge in [0.1, 0.15) is 16.8 Å². The third-order valence-electron chi connectivity index (χ3n) is 3.07. The molecule has 0 amide bonds. The molecule has 4 nitrogen and oxygen atoms in total. The van der Waals surface area contributed by atoms with E-state index in [1.807, 2.05) is 6.92 Å². The molecular weight excluding hydrogens is 248 g/mol. The lowest BCUT2D eigenvalue weighted by atomic mass is 10.2. The average molecular weight is 271 g/mol. The highest BCUT2D eigenvalue weighted by Gasteiger charge is 2.12. The Bertz CT molecular complexity index is 404. The Labute approximate surface area is 115 Å². The first kappa shape index (κ1) is 15.2. The van der Waals surface area contributed by atoms with Crippen LogP contribution in [0.2, 0.25) is 5.15 Å². The van der Waals surface area contributed by atoms with Gasteiger partial charge >= 0.3 is 0 Å². The molecule has 1 atom stereocenters. The first-order chi connectivity index (χ1) is 8.32. The van der Waals surface area contributed by atoms with Crippen LogP contribution in [0.5, 0.6) is 0 Å². The molecule has 0 bridgehead atoms. The van der Waals surface area contributed by atoms with Crippen molar-refractivity contribution in [1.82, 2.24) is 14.9 Å². The molecule has 1 unspecified atom stereocenters. The molecule has 1 heterocycles. The fourth-order valence-electron chi connectivity index (χ4n) is 1.36. The van der Waals surface area contributed by atoms with E-state index in [1.54, 1.807) is 0 Å². The Morgan fingerprint density at radius 2 is 1.83 bits per heavy atom. The molecule has 0 saturated heterocycles. The van der Waals surface area contributed by atoms with Gasteiger partial charge in [-0.3, -0.25) is 0 Å². The van der Waals surface area contributed by atoms with E-state index in [1.165, 1.54) is 0 Å². The molecule has 0 aliphatic heterocycles. The largest absolute Gasteiger partial charge is 0.368 e. The maximum absolute atomic E-state index is 6.14. The number of hydrogen-bond acceptors (Lipinski definition) is 4. The first-order valence-corrected chi connectivity index (χ1v) is 6.65. The minimum absolute atomic E-state index is 0.273. The van der Waals surface area contributed by atoms with Crippen LogP contribution in [0.15, 0.2) is 0 Å². The summed E-state index contributed by atoms with van der Waals surface area (Å²) in [7, 11) is 4.12. The van der Waals surface area contributed by atoms with Crippen LogP contribution in [0.3, 0.4) is 0 Å². The van der Waals surface area contributed by atoms with Gasteiger partial charge < -0.3 is 10.2 Å². The number of likely N-dealkylation sites (N-methyl/N-ethyl adjacent to an activating group) is 1. The summed E-state index contributed by atoms with van der Waals surface area (Å²) in [5.41, 5.74) is 0.909. The topological polar surface area (TPSA) is 41.1 Å². The molecule has 0 radical (unpaired) electrons. The Morgan fingerprint density at radius 1 is 1.22 bits per heavy atom. The lowest BCUT2D eigenvalue weighted by molar-refractivity contribution is 0.326. The van der Waals surface area contributed by atoms with Gasteiger partial charge in [0.15, 0.2) is 0 Å². The summed E-state index contributed by atoms with van der Waals surface area (Å²) in [6.45, 7) is 9.06. The number of aromatic nitrogens is 2. The summed E-state index contributed by atoms with van der Waals surface area (Å²) in [6.07, 6.45) is 0. The maximum atomic E-state index is 6.14. The van der Waals surface area contributed by atoms with Crippen LogP contribution < -0.4 is 5.32 Å². The van der Waals surface area contributed by atoms with Gasteiger partial charge in [-0.05, 0) is 27.9 Å². The van der Waals surface area contributed by atoms with Crippen LogP contribution in [-0.4, -0.2) is 41.5 Å². The lowest BCUT2D eigenvalue weighted by Crippen LogP contribution is -2.32. The molecule has 1 aromatic rings. The normalized spacial score (nSPS) is 13.2. The van der Waals surface area contributed by atoms with Gasteiger partial charge in [0.05, 0.1) is 0 Å². The smallest absolute Gasteiger partial charge is 0.137 e. The SMILES string of the molecule is Cc1c(Cl)nc(C(C)C)nc1NCC(C)N(C)C. The quantitative estimate of drug-likeness (QED) is 0.836. The van der Waals surface area contributed by atoms with Crippen LogP contribution in [0.4, 0.5) is 5.82 Å². The molecule has 0 spiro atoms. The van der Waals surface area contributed by atoms with E-state index in [4.69, 9.17) is 11.6 Å². The molecule has 5 heteroatoms. The molecular formula is C13H23ClN4. The number of hydrogen-bond donors (Lipinski definition) is 1. The van der Waals surface area contributed by atoms with Crippen molar-refractivity contribution in [2.75, 3.05) is 26.0 Å². The third-order valence-corrected chi connectivity index (χ3v) is 3.43. The van der Waals surface area contributed by atoms with Crippen molar-refractivity contribution in [3.63, 3.8) is 0 Å². The van der Waals surface area contributed by atoms with E-state index >= 15 is 0 Å². The molecule has 1 rings (SSSR count). The van der Waals surface area contributed by atoms with Crippen LogP contribution in [0.25, 0.3) is 0 Å². The average Bonchev–Trinajstić information content (AvgIpc) is 2.29. The molecule has 0 aromatic carbocycles. The number of nitrogens with one attached hydrogen (secondary N) is 1. The Balaban J connectivity index is 2.87. The van der Waals surface area contributed by atoms with Gasteiger partial charge in [0, 0.05) is 24.1 Å². The maximum Gasteiger partial charge on any atom is 0.137 e. The number of nitrogens with zero attached hydrogens (tertiary/aromatic N) is 3.